The van der Waals surface area contributed by atoms with Crippen LogP contribution in [0, 0.1) is 12.3 Å². The maximum absolute atomic E-state index is 12.0. The number of anilines is 1. The summed E-state index contributed by atoms with van der Waals surface area (Å²) in [5.74, 6) is 0. The van der Waals surface area contributed by atoms with E-state index in [0.717, 1.165) is 24.5 Å². The Kier molecular flexibility index (Phi) is 3.11. The summed E-state index contributed by atoms with van der Waals surface area (Å²) in [6, 6.07) is 1.91. The molecular formula is C16H19N5O2. The molecule has 3 heterocycles. The van der Waals surface area contributed by atoms with Crippen LogP contribution in [-0.2, 0) is 0 Å². The monoisotopic (exact) mass is 313 g/mol. The third kappa shape index (κ3) is 2.36. The molecule has 2 aromatic heterocycles. The fourth-order valence-electron chi connectivity index (χ4n) is 3.72. The van der Waals surface area contributed by atoms with Crippen LogP contribution in [0.4, 0.5) is 5.69 Å². The molecular weight excluding hydrogens is 294 g/mol. The summed E-state index contributed by atoms with van der Waals surface area (Å²) in [5, 5.41) is 8.34. The predicted octanol–water partition coefficient (Wildman–Crippen LogP) is 1.21. The van der Waals surface area contributed by atoms with Gasteiger partial charge >= 0.3 is 5.69 Å². The number of rotatable bonds is 2. The van der Waals surface area contributed by atoms with E-state index in [1.54, 1.807) is 0 Å². The van der Waals surface area contributed by atoms with Crippen molar-refractivity contribution in [3.05, 3.63) is 38.8 Å². The van der Waals surface area contributed by atoms with Crippen molar-refractivity contribution in [2.45, 2.75) is 32.6 Å². The van der Waals surface area contributed by atoms with E-state index < -0.39 is 11.2 Å². The number of nitrogens with one attached hydrogen (secondary N) is 2. The maximum Gasteiger partial charge on any atom is 0.325 e. The lowest BCUT2D eigenvalue weighted by Crippen LogP contribution is -2.33. The number of aromatic amines is 2. The van der Waals surface area contributed by atoms with Crippen molar-refractivity contribution in [1.82, 2.24) is 20.2 Å². The minimum absolute atomic E-state index is 0.330. The van der Waals surface area contributed by atoms with Crippen LogP contribution in [0.3, 0.4) is 0 Å². The predicted molar refractivity (Wildman–Crippen MR) is 86.6 cm³/mol. The first-order valence-electron chi connectivity index (χ1n) is 7.98. The molecule has 0 atom stereocenters. The van der Waals surface area contributed by atoms with E-state index in [9.17, 15) is 9.59 Å². The highest BCUT2D eigenvalue weighted by Gasteiger charge is 2.43. The fourth-order valence-corrected chi connectivity index (χ4v) is 3.72. The number of aryl methyl sites for hydroxylation is 1. The lowest BCUT2D eigenvalue weighted by Gasteiger charge is -2.38. The lowest BCUT2D eigenvalue weighted by molar-refractivity contribution is 0.165. The number of aromatic nitrogens is 4. The minimum atomic E-state index is -0.523. The quantitative estimate of drug-likeness (QED) is 0.869. The Hall–Kier alpha value is -2.44. The highest BCUT2D eigenvalue weighted by atomic mass is 16.2. The van der Waals surface area contributed by atoms with Crippen molar-refractivity contribution in [2.75, 3.05) is 18.0 Å². The van der Waals surface area contributed by atoms with Gasteiger partial charge in [-0.2, -0.15) is 5.10 Å². The Morgan fingerprint density at radius 1 is 1.22 bits per heavy atom. The Morgan fingerprint density at radius 2 is 2.04 bits per heavy atom. The molecule has 1 aliphatic heterocycles. The van der Waals surface area contributed by atoms with Gasteiger partial charge in [0.2, 0.25) is 0 Å². The van der Waals surface area contributed by atoms with Crippen LogP contribution < -0.4 is 16.1 Å². The van der Waals surface area contributed by atoms with Crippen LogP contribution in [0.2, 0.25) is 0 Å². The molecule has 2 aliphatic rings. The minimum Gasteiger partial charge on any atom is -0.369 e. The number of nitrogens with zero attached hydrogens (tertiary/aromatic N) is 3. The Balaban J connectivity index is 1.71. The second kappa shape index (κ2) is 5.04. The van der Waals surface area contributed by atoms with Gasteiger partial charge in [0.25, 0.3) is 5.56 Å². The molecule has 2 fully saturated rings. The largest absolute Gasteiger partial charge is 0.369 e. The van der Waals surface area contributed by atoms with Gasteiger partial charge in [0.1, 0.15) is 5.69 Å². The molecule has 7 nitrogen and oxygen atoms in total. The average Bonchev–Trinajstić information content (AvgIpc) is 2.94. The number of hydrogen-bond acceptors (Lipinski definition) is 5. The van der Waals surface area contributed by atoms with Gasteiger partial charge in [0, 0.05) is 19.3 Å². The molecule has 1 saturated heterocycles. The zero-order valence-electron chi connectivity index (χ0n) is 13.1. The third-order valence-corrected chi connectivity index (χ3v) is 5.24. The maximum atomic E-state index is 12.0. The molecule has 0 radical (unpaired) electrons. The summed E-state index contributed by atoms with van der Waals surface area (Å²) in [7, 11) is 0. The van der Waals surface area contributed by atoms with Crippen LogP contribution >= 0.6 is 0 Å². The molecule has 1 spiro atoms. The summed E-state index contributed by atoms with van der Waals surface area (Å²) in [6.45, 7) is 4.02. The van der Waals surface area contributed by atoms with E-state index in [2.05, 4.69) is 25.1 Å². The van der Waals surface area contributed by atoms with Crippen molar-refractivity contribution < 1.29 is 0 Å². The summed E-state index contributed by atoms with van der Waals surface area (Å²) in [6.07, 6.45) is 6.57. The van der Waals surface area contributed by atoms with E-state index >= 15 is 0 Å². The van der Waals surface area contributed by atoms with Gasteiger partial charge < -0.3 is 9.88 Å². The molecule has 0 amide bonds. The van der Waals surface area contributed by atoms with Crippen LogP contribution in [0.5, 0.6) is 0 Å². The summed E-state index contributed by atoms with van der Waals surface area (Å²) >= 11 is 0. The average molecular weight is 313 g/mol. The molecule has 0 bridgehead atoms. The topological polar surface area (TPSA) is 94.7 Å². The van der Waals surface area contributed by atoms with E-state index in [1.165, 1.54) is 31.9 Å². The van der Waals surface area contributed by atoms with Crippen molar-refractivity contribution >= 4 is 5.69 Å². The van der Waals surface area contributed by atoms with Crippen molar-refractivity contribution in [3.8, 4) is 11.3 Å². The van der Waals surface area contributed by atoms with Gasteiger partial charge in [-0.25, -0.2) is 4.79 Å². The molecule has 7 heteroatoms. The van der Waals surface area contributed by atoms with Crippen LogP contribution in [0.1, 0.15) is 31.4 Å². The standard InChI is InChI=1S/C16H19N5O2/c1-10-13(21-6-5-16(9-21)3-2-4-16)7-12(20-19-10)11-8-17-15(23)18-14(11)22/h7-8H,2-6,9H2,1H3,(H2,17,18,22,23). The highest BCUT2D eigenvalue weighted by molar-refractivity contribution is 5.64. The number of H-pyrrole nitrogens is 2. The van der Waals surface area contributed by atoms with Crippen molar-refractivity contribution in [3.63, 3.8) is 0 Å². The number of hydrogen-bond donors (Lipinski definition) is 2. The van der Waals surface area contributed by atoms with E-state index in [0.29, 0.717) is 16.7 Å². The Labute approximate surface area is 132 Å². The molecule has 23 heavy (non-hydrogen) atoms. The van der Waals surface area contributed by atoms with Crippen LogP contribution in [-0.4, -0.2) is 33.3 Å². The second-order valence-electron chi connectivity index (χ2n) is 6.71. The van der Waals surface area contributed by atoms with Gasteiger partial charge in [0.05, 0.1) is 16.9 Å². The normalized spacial score (nSPS) is 19.1. The molecule has 1 aliphatic carbocycles. The smallest absolute Gasteiger partial charge is 0.325 e. The molecule has 4 rings (SSSR count). The van der Waals surface area contributed by atoms with Crippen molar-refractivity contribution in [1.29, 1.82) is 0 Å². The van der Waals surface area contributed by atoms with Crippen molar-refractivity contribution in [2.24, 2.45) is 5.41 Å². The Bertz CT molecular complexity index is 865. The van der Waals surface area contributed by atoms with Crippen LogP contribution in [0.25, 0.3) is 11.3 Å². The van der Waals surface area contributed by atoms with Gasteiger partial charge in [-0.15, -0.1) is 5.10 Å². The fraction of sp³-hybridized carbons (Fsp3) is 0.500. The zero-order chi connectivity index (χ0) is 16.0. The summed E-state index contributed by atoms with van der Waals surface area (Å²) in [4.78, 5) is 30.2. The molecule has 120 valence electrons. The van der Waals surface area contributed by atoms with E-state index in [4.69, 9.17) is 0 Å². The van der Waals surface area contributed by atoms with Crippen LogP contribution in [0.15, 0.2) is 21.9 Å². The summed E-state index contributed by atoms with van der Waals surface area (Å²) < 4.78 is 0. The lowest BCUT2D eigenvalue weighted by atomic mass is 9.68. The molecule has 0 unspecified atom stereocenters. The Morgan fingerprint density at radius 3 is 2.70 bits per heavy atom. The van der Waals surface area contributed by atoms with Gasteiger partial charge in [-0.1, -0.05) is 6.42 Å². The first-order valence-corrected chi connectivity index (χ1v) is 7.98. The first-order chi connectivity index (χ1) is 11.1. The SMILES string of the molecule is Cc1nnc(-c2c[nH]c(=O)[nH]c2=O)cc1N1CCC2(CCC2)C1. The van der Waals surface area contributed by atoms with Gasteiger partial charge in [0.15, 0.2) is 0 Å². The van der Waals surface area contributed by atoms with E-state index in [1.807, 2.05) is 13.0 Å². The summed E-state index contributed by atoms with van der Waals surface area (Å²) in [5.41, 5.74) is 2.23. The first kappa shape index (κ1) is 14.2. The zero-order valence-corrected chi connectivity index (χ0v) is 13.1. The molecule has 1 saturated carbocycles. The second-order valence-corrected chi connectivity index (χ2v) is 6.71. The van der Waals surface area contributed by atoms with Gasteiger partial charge in [-0.3, -0.25) is 9.78 Å². The molecule has 2 aromatic rings. The molecule has 2 N–H and O–H groups in total. The van der Waals surface area contributed by atoms with E-state index in [-0.39, 0.29) is 0 Å². The highest BCUT2D eigenvalue weighted by Crippen LogP contribution is 2.49. The molecule has 0 aromatic carbocycles. The third-order valence-electron chi connectivity index (χ3n) is 5.24. The van der Waals surface area contributed by atoms with Gasteiger partial charge in [-0.05, 0) is 37.7 Å².